The molecular formula is C20H19ClN2O6. The molecule has 0 bridgehead atoms. The number of benzene rings is 1. The summed E-state index contributed by atoms with van der Waals surface area (Å²) < 4.78 is 16.0. The van der Waals surface area contributed by atoms with E-state index in [0.29, 0.717) is 36.0 Å². The highest BCUT2D eigenvalue weighted by atomic mass is 35.5. The Bertz CT molecular complexity index is 933. The topological polar surface area (TPSA) is 104 Å². The van der Waals surface area contributed by atoms with Crippen molar-refractivity contribution in [3.05, 3.63) is 47.2 Å². The third kappa shape index (κ3) is 5.45. The van der Waals surface area contributed by atoms with Crippen LogP contribution in [0.5, 0.6) is 11.5 Å². The maximum Gasteiger partial charge on any atom is 0.307 e. The molecule has 0 aliphatic carbocycles. The van der Waals surface area contributed by atoms with Crippen molar-refractivity contribution in [3.63, 3.8) is 0 Å². The van der Waals surface area contributed by atoms with Crippen molar-refractivity contribution < 1.29 is 28.6 Å². The first kappa shape index (κ1) is 20.6. The monoisotopic (exact) mass is 418 g/mol. The number of hydrogen-bond acceptors (Lipinski definition) is 7. The largest absolute Gasteiger partial charge is 0.486 e. The van der Waals surface area contributed by atoms with Crippen LogP contribution in [-0.2, 0) is 14.3 Å². The second-order valence-electron chi connectivity index (χ2n) is 6.24. The van der Waals surface area contributed by atoms with E-state index in [2.05, 4.69) is 10.3 Å². The molecular weight excluding hydrogens is 400 g/mol. The van der Waals surface area contributed by atoms with Crippen LogP contribution in [0.1, 0.15) is 30.1 Å². The molecule has 3 rings (SSSR count). The molecule has 1 aromatic heterocycles. The number of nitrogens with one attached hydrogen (secondary N) is 1. The fourth-order valence-corrected chi connectivity index (χ4v) is 2.77. The average molecular weight is 419 g/mol. The standard InChI is InChI=1S/C20H19ClN2O6/c1-12(20(26)23-14-3-2-8-22-19(14)21)29-18(25)7-5-15(24)13-4-6-16-17(11-13)28-10-9-27-16/h2-4,6,8,11-12H,5,7,9-10H2,1H3,(H,23,26). The zero-order chi connectivity index (χ0) is 20.8. The lowest BCUT2D eigenvalue weighted by molar-refractivity contribution is -0.153. The number of pyridine rings is 1. The van der Waals surface area contributed by atoms with E-state index < -0.39 is 18.0 Å². The molecule has 1 unspecified atom stereocenters. The molecule has 0 saturated carbocycles. The number of rotatable bonds is 7. The molecule has 9 heteroatoms. The predicted molar refractivity (Wildman–Crippen MR) is 104 cm³/mol. The number of ketones is 1. The SMILES string of the molecule is CC(OC(=O)CCC(=O)c1ccc2c(c1)OCCO2)C(=O)Nc1cccnc1Cl. The number of nitrogens with zero attached hydrogens (tertiary/aromatic N) is 1. The van der Waals surface area contributed by atoms with Crippen molar-refractivity contribution in [2.75, 3.05) is 18.5 Å². The number of fused-ring (bicyclic) bond motifs is 1. The van der Waals surface area contributed by atoms with Gasteiger partial charge in [-0.25, -0.2) is 4.98 Å². The Labute approximate surface area is 172 Å². The number of halogens is 1. The van der Waals surface area contributed by atoms with E-state index in [-0.39, 0.29) is 23.8 Å². The summed E-state index contributed by atoms with van der Waals surface area (Å²) in [4.78, 5) is 40.3. The van der Waals surface area contributed by atoms with Crippen molar-refractivity contribution >= 4 is 34.9 Å². The molecule has 0 fully saturated rings. The lowest BCUT2D eigenvalue weighted by Crippen LogP contribution is -2.30. The van der Waals surface area contributed by atoms with Gasteiger partial charge < -0.3 is 19.5 Å². The fourth-order valence-electron chi connectivity index (χ4n) is 2.60. The lowest BCUT2D eigenvalue weighted by Gasteiger charge is -2.18. The molecule has 0 spiro atoms. The number of esters is 1. The van der Waals surface area contributed by atoms with E-state index in [1.54, 1.807) is 30.3 Å². The molecule has 1 aliphatic heterocycles. The van der Waals surface area contributed by atoms with E-state index in [0.717, 1.165) is 0 Å². The van der Waals surface area contributed by atoms with Crippen LogP contribution in [0.25, 0.3) is 0 Å². The van der Waals surface area contributed by atoms with Crippen molar-refractivity contribution in [2.45, 2.75) is 25.9 Å². The van der Waals surface area contributed by atoms with Gasteiger partial charge in [-0.3, -0.25) is 14.4 Å². The third-order valence-electron chi connectivity index (χ3n) is 4.11. The van der Waals surface area contributed by atoms with Gasteiger partial charge in [-0.05, 0) is 37.3 Å². The maximum absolute atomic E-state index is 12.3. The zero-order valence-corrected chi connectivity index (χ0v) is 16.4. The zero-order valence-electron chi connectivity index (χ0n) is 15.6. The van der Waals surface area contributed by atoms with Crippen LogP contribution in [0.3, 0.4) is 0 Å². The second kappa shape index (κ2) is 9.38. The van der Waals surface area contributed by atoms with E-state index in [9.17, 15) is 14.4 Å². The average Bonchev–Trinajstić information content (AvgIpc) is 2.73. The smallest absolute Gasteiger partial charge is 0.307 e. The van der Waals surface area contributed by atoms with Crippen LogP contribution < -0.4 is 14.8 Å². The molecule has 0 radical (unpaired) electrons. The van der Waals surface area contributed by atoms with Crippen molar-refractivity contribution in [1.82, 2.24) is 4.98 Å². The Morgan fingerprint density at radius 2 is 1.93 bits per heavy atom. The number of carbonyl (C=O) groups excluding carboxylic acids is 3. The van der Waals surface area contributed by atoms with Crippen LogP contribution in [0.4, 0.5) is 5.69 Å². The van der Waals surface area contributed by atoms with E-state index >= 15 is 0 Å². The number of carbonyl (C=O) groups is 3. The first-order valence-corrected chi connectivity index (χ1v) is 9.35. The lowest BCUT2D eigenvalue weighted by atomic mass is 10.1. The molecule has 29 heavy (non-hydrogen) atoms. The number of ether oxygens (including phenoxy) is 3. The summed E-state index contributed by atoms with van der Waals surface area (Å²) in [5.41, 5.74) is 0.731. The molecule has 2 aromatic rings. The summed E-state index contributed by atoms with van der Waals surface area (Å²) in [5.74, 6) is -0.356. The first-order chi connectivity index (χ1) is 13.9. The minimum Gasteiger partial charge on any atom is -0.486 e. The minimum absolute atomic E-state index is 0.0543. The van der Waals surface area contributed by atoms with E-state index in [1.165, 1.54) is 13.1 Å². The number of aromatic nitrogens is 1. The normalized spacial score (nSPS) is 13.3. The quantitative estimate of drug-likeness (QED) is 0.418. The number of amides is 1. The molecule has 1 amide bonds. The molecule has 1 atom stereocenters. The Morgan fingerprint density at radius 1 is 1.17 bits per heavy atom. The summed E-state index contributed by atoms with van der Waals surface area (Å²) >= 11 is 5.88. The van der Waals surface area contributed by atoms with Gasteiger partial charge in [-0.15, -0.1) is 0 Å². The summed E-state index contributed by atoms with van der Waals surface area (Å²) in [6.07, 6.45) is 0.225. The van der Waals surface area contributed by atoms with E-state index in [1.807, 2.05) is 0 Å². The number of hydrogen-bond donors (Lipinski definition) is 1. The Hall–Kier alpha value is -3.13. The van der Waals surface area contributed by atoms with Crippen molar-refractivity contribution in [2.24, 2.45) is 0 Å². The van der Waals surface area contributed by atoms with Gasteiger partial charge in [0, 0.05) is 18.2 Å². The summed E-state index contributed by atoms with van der Waals surface area (Å²) in [5, 5.41) is 2.66. The Morgan fingerprint density at radius 3 is 2.69 bits per heavy atom. The van der Waals surface area contributed by atoms with Crippen LogP contribution in [-0.4, -0.2) is 42.0 Å². The highest BCUT2D eigenvalue weighted by molar-refractivity contribution is 6.32. The molecule has 2 heterocycles. The molecule has 8 nitrogen and oxygen atoms in total. The third-order valence-corrected chi connectivity index (χ3v) is 4.42. The Kier molecular flexibility index (Phi) is 6.66. The summed E-state index contributed by atoms with van der Waals surface area (Å²) in [6, 6.07) is 8.07. The van der Waals surface area contributed by atoms with Gasteiger partial charge >= 0.3 is 5.97 Å². The number of Topliss-reactive ketones (excluding diaryl/α,β-unsaturated/α-hetero) is 1. The van der Waals surface area contributed by atoms with E-state index in [4.69, 9.17) is 25.8 Å². The van der Waals surface area contributed by atoms with Gasteiger partial charge in [-0.1, -0.05) is 11.6 Å². The van der Waals surface area contributed by atoms with Gasteiger partial charge in [0.2, 0.25) is 0 Å². The van der Waals surface area contributed by atoms with Crippen LogP contribution in [0.2, 0.25) is 5.15 Å². The van der Waals surface area contributed by atoms with Crippen LogP contribution in [0, 0.1) is 0 Å². The summed E-state index contributed by atoms with van der Waals surface area (Å²) in [6.45, 7) is 2.31. The van der Waals surface area contributed by atoms with Gasteiger partial charge in [0.05, 0.1) is 12.1 Å². The van der Waals surface area contributed by atoms with Gasteiger partial charge in [0.1, 0.15) is 13.2 Å². The molecule has 152 valence electrons. The molecule has 0 saturated heterocycles. The Balaban J connectivity index is 1.48. The highest BCUT2D eigenvalue weighted by Crippen LogP contribution is 2.31. The second-order valence-corrected chi connectivity index (χ2v) is 6.60. The maximum atomic E-state index is 12.3. The van der Waals surface area contributed by atoms with Crippen molar-refractivity contribution in [1.29, 1.82) is 0 Å². The predicted octanol–water partition coefficient (Wildman–Crippen LogP) is 3.04. The van der Waals surface area contributed by atoms with Crippen LogP contribution >= 0.6 is 11.6 Å². The number of anilines is 1. The minimum atomic E-state index is -1.05. The molecule has 1 aliphatic rings. The molecule has 1 N–H and O–H groups in total. The molecule has 1 aromatic carbocycles. The van der Waals surface area contributed by atoms with Gasteiger partial charge in [-0.2, -0.15) is 0 Å². The van der Waals surface area contributed by atoms with Gasteiger partial charge in [0.15, 0.2) is 28.5 Å². The fraction of sp³-hybridized carbons (Fsp3) is 0.300. The summed E-state index contributed by atoms with van der Waals surface area (Å²) in [7, 11) is 0. The van der Waals surface area contributed by atoms with Crippen molar-refractivity contribution in [3.8, 4) is 11.5 Å². The van der Waals surface area contributed by atoms with Gasteiger partial charge in [0.25, 0.3) is 5.91 Å². The first-order valence-electron chi connectivity index (χ1n) is 8.98. The van der Waals surface area contributed by atoms with Crippen LogP contribution in [0.15, 0.2) is 36.5 Å². The highest BCUT2D eigenvalue weighted by Gasteiger charge is 2.20.